The second-order valence-corrected chi connectivity index (χ2v) is 6.48. The fourth-order valence-electron chi connectivity index (χ4n) is 2.98. The predicted octanol–water partition coefficient (Wildman–Crippen LogP) is 2.23. The molecule has 2 aromatic rings. The molecule has 7 heteroatoms. The Labute approximate surface area is 153 Å². The highest BCUT2D eigenvalue weighted by atomic mass is 16.5. The number of methoxy groups -OCH3 is 1. The number of hydrogen-bond acceptors (Lipinski definition) is 6. The van der Waals surface area contributed by atoms with E-state index < -0.39 is 0 Å². The monoisotopic (exact) mass is 356 g/mol. The topological polar surface area (TPSA) is 67.8 Å². The number of hydrogen-bond donors (Lipinski definition) is 0. The summed E-state index contributed by atoms with van der Waals surface area (Å²) in [6.45, 7) is 1.26. The molecule has 7 nitrogen and oxygen atoms in total. The molecule has 1 aliphatic heterocycles. The van der Waals surface area contributed by atoms with Crippen LogP contribution in [0.4, 0.5) is 5.69 Å². The summed E-state index contributed by atoms with van der Waals surface area (Å²) in [6.07, 6.45) is 4.75. The Kier molecular flexibility index (Phi) is 5.55. The average molecular weight is 356 g/mol. The fourth-order valence-corrected chi connectivity index (χ4v) is 2.98. The van der Waals surface area contributed by atoms with Crippen molar-refractivity contribution in [1.82, 2.24) is 14.9 Å². The third-order valence-corrected chi connectivity index (χ3v) is 4.36. The highest BCUT2D eigenvalue weighted by Gasteiger charge is 2.26. The van der Waals surface area contributed by atoms with Gasteiger partial charge in [-0.1, -0.05) is 6.07 Å². The molecule has 1 aromatic carbocycles. The van der Waals surface area contributed by atoms with Gasteiger partial charge in [-0.3, -0.25) is 9.78 Å². The van der Waals surface area contributed by atoms with Crippen molar-refractivity contribution in [2.75, 3.05) is 39.2 Å². The van der Waals surface area contributed by atoms with E-state index in [0.29, 0.717) is 23.9 Å². The molecule has 138 valence electrons. The lowest BCUT2D eigenvalue weighted by Crippen LogP contribution is -2.44. The molecule has 1 saturated heterocycles. The van der Waals surface area contributed by atoms with E-state index in [4.69, 9.17) is 9.47 Å². The van der Waals surface area contributed by atoms with E-state index in [1.54, 1.807) is 6.20 Å². The molecule has 0 aliphatic carbocycles. The first-order chi connectivity index (χ1) is 12.6. The molecule has 1 aliphatic rings. The summed E-state index contributed by atoms with van der Waals surface area (Å²) in [5, 5.41) is 0. The number of rotatable bonds is 5. The third kappa shape index (κ3) is 4.22. The zero-order valence-electron chi connectivity index (χ0n) is 15.4. The zero-order valence-corrected chi connectivity index (χ0v) is 15.4. The van der Waals surface area contributed by atoms with Crippen molar-refractivity contribution in [1.29, 1.82) is 0 Å². The van der Waals surface area contributed by atoms with Gasteiger partial charge < -0.3 is 19.3 Å². The first-order valence-corrected chi connectivity index (χ1v) is 8.66. The molecule has 0 radical (unpaired) electrons. The van der Waals surface area contributed by atoms with Gasteiger partial charge in [-0.15, -0.1) is 0 Å². The molecule has 3 rings (SSSR count). The van der Waals surface area contributed by atoms with Gasteiger partial charge >= 0.3 is 0 Å². The molecule has 0 saturated carbocycles. The summed E-state index contributed by atoms with van der Waals surface area (Å²) in [6, 6.07) is 7.67. The molecule has 0 spiro atoms. The molecule has 1 unspecified atom stereocenters. The molecule has 1 aromatic heterocycles. The van der Waals surface area contributed by atoms with E-state index in [0.717, 1.165) is 25.1 Å². The van der Waals surface area contributed by atoms with Crippen LogP contribution in [-0.2, 0) is 0 Å². The maximum atomic E-state index is 12.9. The van der Waals surface area contributed by atoms with E-state index >= 15 is 0 Å². The number of aromatic nitrogens is 2. The maximum Gasteiger partial charge on any atom is 0.254 e. The maximum absolute atomic E-state index is 12.9. The van der Waals surface area contributed by atoms with Crippen molar-refractivity contribution >= 4 is 11.6 Å². The summed E-state index contributed by atoms with van der Waals surface area (Å²) >= 11 is 0. The minimum atomic E-state index is -0.105. The molecular weight excluding hydrogens is 332 g/mol. The van der Waals surface area contributed by atoms with Crippen LogP contribution in [0.15, 0.2) is 36.7 Å². The Bertz CT molecular complexity index is 766. The van der Waals surface area contributed by atoms with Crippen LogP contribution in [0.2, 0.25) is 0 Å². The lowest BCUT2D eigenvalue weighted by molar-refractivity contribution is 0.0525. The molecule has 26 heavy (non-hydrogen) atoms. The van der Waals surface area contributed by atoms with Gasteiger partial charge in [0.15, 0.2) is 0 Å². The smallest absolute Gasteiger partial charge is 0.254 e. The second-order valence-electron chi connectivity index (χ2n) is 6.48. The summed E-state index contributed by atoms with van der Waals surface area (Å²) in [5.74, 6) is 0.851. The van der Waals surface area contributed by atoms with Crippen molar-refractivity contribution in [3.05, 3.63) is 42.2 Å². The molecular formula is C19H24N4O3. The van der Waals surface area contributed by atoms with Gasteiger partial charge in [0, 0.05) is 31.9 Å². The van der Waals surface area contributed by atoms with Crippen LogP contribution < -0.4 is 14.4 Å². The standard InChI is InChI=1S/C19H24N4O3/c1-22(2)15-7-4-6-14(10-15)19(24)23-9-5-8-16(13-23)26-18-12-20-11-17(21-18)25-3/h4,6-7,10-12,16H,5,8-9,13H2,1-3H3. The van der Waals surface area contributed by atoms with Crippen LogP contribution in [0.25, 0.3) is 0 Å². The molecule has 1 atom stereocenters. The van der Waals surface area contributed by atoms with Crippen LogP contribution in [-0.4, -0.2) is 61.2 Å². The largest absolute Gasteiger partial charge is 0.480 e. The van der Waals surface area contributed by atoms with Crippen LogP contribution in [0.5, 0.6) is 11.8 Å². The van der Waals surface area contributed by atoms with E-state index in [2.05, 4.69) is 9.97 Å². The number of carbonyl (C=O) groups is 1. The Morgan fingerprint density at radius 3 is 2.85 bits per heavy atom. The molecule has 1 amide bonds. The quantitative estimate of drug-likeness (QED) is 0.818. The van der Waals surface area contributed by atoms with E-state index in [1.807, 2.05) is 48.2 Å². The Morgan fingerprint density at radius 1 is 1.27 bits per heavy atom. The zero-order chi connectivity index (χ0) is 18.5. The second kappa shape index (κ2) is 8.03. The molecule has 2 heterocycles. The number of likely N-dealkylation sites (tertiary alicyclic amines) is 1. The van der Waals surface area contributed by atoms with Crippen LogP contribution in [0, 0.1) is 0 Å². The first-order valence-electron chi connectivity index (χ1n) is 8.66. The average Bonchev–Trinajstić information content (AvgIpc) is 2.68. The minimum absolute atomic E-state index is 0.0266. The highest BCUT2D eigenvalue weighted by molar-refractivity contribution is 5.95. The van der Waals surface area contributed by atoms with Crippen molar-refractivity contribution in [3.63, 3.8) is 0 Å². The number of piperidine rings is 1. The van der Waals surface area contributed by atoms with Gasteiger partial charge in [-0.2, -0.15) is 4.98 Å². The van der Waals surface area contributed by atoms with E-state index in [-0.39, 0.29) is 12.0 Å². The van der Waals surface area contributed by atoms with Gasteiger partial charge in [0.2, 0.25) is 11.8 Å². The van der Waals surface area contributed by atoms with Gasteiger partial charge in [-0.05, 0) is 31.0 Å². The fraction of sp³-hybridized carbons (Fsp3) is 0.421. The normalized spacial score (nSPS) is 16.9. The van der Waals surface area contributed by atoms with Crippen LogP contribution in [0.3, 0.4) is 0 Å². The SMILES string of the molecule is COc1cncc(OC2CCCN(C(=O)c3cccc(N(C)C)c3)C2)n1. The van der Waals surface area contributed by atoms with Crippen LogP contribution >= 0.6 is 0 Å². The van der Waals surface area contributed by atoms with E-state index in [9.17, 15) is 4.79 Å². The lowest BCUT2D eigenvalue weighted by atomic mass is 10.1. The van der Waals surface area contributed by atoms with Gasteiger partial charge in [-0.25, -0.2) is 0 Å². The first kappa shape index (κ1) is 18.0. The van der Waals surface area contributed by atoms with Crippen molar-refractivity contribution in [2.24, 2.45) is 0 Å². The van der Waals surface area contributed by atoms with Crippen molar-refractivity contribution in [2.45, 2.75) is 18.9 Å². The number of ether oxygens (including phenoxy) is 2. The summed E-state index contributed by atoms with van der Waals surface area (Å²) < 4.78 is 11.0. The molecule has 1 fully saturated rings. The summed E-state index contributed by atoms with van der Waals surface area (Å²) in [7, 11) is 5.46. The number of nitrogens with zero attached hydrogens (tertiary/aromatic N) is 4. The Hall–Kier alpha value is -2.83. The lowest BCUT2D eigenvalue weighted by Gasteiger charge is -2.32. The summed E-state index contributed by atoms with van der Waals surface area (Å²) in [5.41, 5.74) is 1.70. The van der Waals surface area contributed by atoms with Crippen molar-refractivity contribution in [3.8, 4) is 11.8 Å². The van der Waals surface area contributed by atoms with Gasteiger partial charge in [0.05, 0.1) is 26.0 Å². The van der Waals surface area contributed by atoms with E-state index in [1.165, 1.54) is 13.3 Å². The predicted molar refractivity (Wildman–Crippen MR) is 98.9 cm³/mol. The number of benzene rings is 1. The Balaban J connectivity index is 1.67. The number of amides is 1. The third-order valence-electron chi connectivity index (χ3n) is 4.36. The number of carbonyl (C=O) groups excluding carboxylic acids is 1. The van der Waals surface area contributed by atoms with Crippen LogP contribution in [0.1, 0.15) is 23.2 Å². The van der Waals surface area contributed by atoms with Gasteiger partial charge in [0.25, 0.3) is 5.91 Å². The minimum Gasteiger partial charge on any atom is -0.480 e. The Morgan fingerprint density at radius 2 is 2.08 bits per heavy atom. The van der Waals surface area contributed by atoms with Gasteiger partial charge in [0.1, 0.15) is 6.10 Å². The molecule has 0 bridgehead atoms. The number of anilines is 1. The van der Waals surface area contributed by atoms with Crippen molar-refractivity contribution < 1.29 is 14.3 Å². The highest BCUT2D eigenvalue weighted by Crippen LogP contribution is 2.21. The molecule has 0 N–H and O–H groups in total. The summed E-state index contributed by atoms with van der Waals surface area (Å²) in [4.78, 5) is 25.0.